The number of hydrogen-bond acceptors (Lipinski definition) is 2. The third kappa shape index (κ3) is 5.50. The molecule has 0 aliphatic rings. The number of carbonyl (C=O) groups excluding carboxylic acids is 1. The lowest BCUT2D eigenvalue weighted by Crippen LogP contribution is -2.42. The molecule has 118 valence electrons. The largest absolute Gasteiger partial charge is 0.348 e. The van der Waals surface area contributed by atoms with Gasteiger partial charge in [0, 0.05) is 0 Å². The first kappa shape index (κ1) is 17.7. The van der Waals surface area contributed by atoms with Gasteiger partial charge in [0.1, 0.15) is 0 Å². The highest BCUT2D eigenvalue weighted by atomic mass is 16.2. The standard InChI is InChI=1S/C18H30N2O/c1-12(2)11-16(19)17(21)20-13(3)14-7-9-15(10-8-14)18(4,5)6/h7-10,12-13,16H,11,19H2,1-6H3,(H,20,21). The van der Waals surface area contributed by atoms with Gasteiger partial charge in [0.25, 0.3) is 0 Å². The Morgan fingerprint density at radius 2 is 1.67 bits per heavy atom. The van der Waals surface area contributed by atoms with Gasteiger partial charge in [-0.1, -0.05) is 58.9 Å². The number of benzene rings is 1. The van der Waals surface area contributed by atoms with Crippen LogP contribution in [0.15, 0.2) is 24.3 Å². The summed E-state index contributed by atoms with van der Waals surface area (Å²) in [6.07, 6.45) is 0.710. The second kappa shape index (κ2) is 7.08. The Hall–Kier alpha value is -1.35. The predicted molar refractivity (Wildman–Crippen MR) is 89.1 cm³/mol. The smallest absolute Gasteiger partial charge is 0.237 e. The van der Waals surface area contributed by atoms with Gasteiger partial charge in [0.05, 0.1) is 12.1 Å². The fraction of sp³-hybridized carbons (Fsp3) is 0.611. The van der Waals surface area contributed by atoms with Gasteiger partial charge >= 0.3 is 0 Å². The lowest BCUT2D eigenvalue weighted by molar-refractivity contribution is -0.123. The molecule has 2 atom stereocenters. The van der Waals surface area contributed by atoms with Crippen molar-refractivity contribution in [3.05, 3.63) is 35.4 Å². The van der Waals surface area contributed by atoms with Crippen LogP contribution in [0.4, 0.5) is 0 Å². The van der Waals surface area contributed by atoms with E-state index in [4.69, 9.17) is 5.73 Å². The molecule has 1 amide bonds. The minimum atomic E-state index is -0.429. The van der Waals surface area contributed by atoms with Crippen LogP contribution in [0.25, 0.3) is 0 Å². The van der Waals surface area contributed by atoms with Crippen molar-refractivity contribution in [2.75, 3.05) is 0 Å². The number of nitrogens with two attached hydrogens (primary N) is 1. The molecule has 0 aliphatic carbocycles. The summed E-state index contributed by atoms with van der Waals surface area (Å²) in [5.41, 5.74) is 8.45. The first-order chi connectivity index (χ1) is 9.61. The number of nitrogens with one attached hydrogen (secondary N) is 1. The van der Waals surface area contributed by atoms with E-state index in [1.807, 2.05) is 6.92 Å². The predicted octanol–water partition coefficient (Wildman–Crippen LogP) is 3.53. The monoisotopic (exact) mass is 290 g/mol. The second-order valence-corrected chi connectivity index (χ2v) is 7.34. The highest BCUT2D eigenvalue weighted by molar-refractivity contribution is 5.81. The quantitative estimate of drug-likeness (QED) is 0.871. The van der Waals surface area contributed by atoms with Crippen LogP contribution in [-0.4, -0.2) is 11.9 Å². The van der Waals surface area contributed by atoms with Gasteiger partial charge in [-0.2, -0.15) is 0 Å². The molecule has 1 aromatic rings. The molecule has 0 aromatic heterocycles. The summed E-state index contributed by atoms with van der Waals surface area (Å²) in [4.78, 5) is 12.1. The Bertz CT molecular complexity index is 457. The Morgan fingerprint density at radius 3 is 2.10 bits per heavy atom. The molecule has 0 fully saturated rings. The third-order valence-electron chi connectivity index (χ3n) is 3.70. The van der Waals surface area contributed by atoms with Crippen LogP contribution in [0.5, 0.6) is 0 Å². The second-order valence-electron chi connectivity index (χ2n) is 7.34. The molecule has 3 nitrogen and oxygen atoms in total. The number of amides is 1. The average molecular weight is 290 g/mol. The van der Waals surface area contributed by atoms with Crippen LogP contribution in [0, 0.1) is 5.92 Å². The van der Waals surface area contributed by atoms with Crippen molar-refractivity contribution in [1.82, 2.24) is 5.32 Å². The van der Waals surface area contributed by atoms with Crippen molar-refractivity contribution in [1.29, 1.82) is 0 Å². The molecule has 0 bridgehead atoms. The van der Waals surface area contributed by atoms with E-state index in [9.17, 15) is 4.79 Å². The van der Waals surface area contributed by atoms with E-state index in [1.165, 1.54) is 5.56 Å². The van der Waals surface area contributed by atoms with Crippen LogP contribution >= 0.6 is 0 Å². The molecule has 2 unspecified atom stereocenters. The fourth-order valence-corrected chi connectivity index (χ4v) is 2.29. The molecule has 21 heavy (non-hydrogen) atoms. The molecular formula is C18H30N2O. The lowest BCUT2D eigenvalue weighted by atomic mass is 9.86. The number of hydrogen-bond donors (Lipinski definition) is 2. The maximum Gasteiger partial charge on any atom is 0.237 e. The molecular weight excluding hydrogens is 260 g/mol. The first-order valence-electron chi connectivity index (χ1n) is 7.77. The Balaban J connectivity index is 2.67. The molecule has 0 heterocycles. The summed E-state index contributed by atoms with van der Waals surface area (Å²) in [5.74, 6) is 0.350. The summed E-state index contributed by atoms with van der Waals surface area (Å²) < 4.78 is 0. The third-order valence-corrected chi connectivity index (χ3v) is 3.70. The molecule has 1 aromatic carbocycles. The van der Waals surface area contributed by atoms with Crippen molar-refractivity contribution in [3.63, 3.8) is 0 Å². The van der Waals surface area contributed by atoms with Crippen molar-refractivity contribution >= 4 is 5.91 Å². The van der Waals surface area contributed by atoms with Gasteiger partial charge in [-0.25, -0.2) is 0 Å². The molecule has 3 N–H and O–H groups in total. The van der Waals surface area contributed by atoms with E-state index in [1.54, 1.807) is 0 Å². The molecule has 3 heteroatoms. The minimum Gasteiger partial charge on any atom is -0.348 e. The van der Waals surface area contributed by atoms with Crippen LogP contribution in [0.3, 0.4) is 0 Å². The Labute approximate surface area is 129 Å². The van der Waals surface area contributed by atoms with Crippen molar-refractivity contribution in [2.24, 2.45) is 11.7 Å². The van der Waals surface area contributed by atoms with Gasteiger partial charge in [-0.05, 0) is 35.8 Å². The molecule has 0 saturated heterocycles. The van der Waals surface area contributed by atoms with Gasteiger partial charge < -0.3 is 11.1 Å². The van der Waals surface area contributed by atoms with E-state index >= 15 is 0 Å². The minimum absolute atomic E-state index is 0.0234. The van der Waals surface area contributed by atoms with Crippen LogP contribution in [0.1, 0.15) is 65.1 Å². The molecule has 0 saturated carbocycles. The van der Waals surface area contributed by atoms with E-state index in [0.29, 0.717) is 12.3 Å². The normalized spacial score (nSPS) is 14.9. The summed E-state index contributed by atoms with van der Waals surface area (Å²) in [6, 6.07) is 7.97. The van der Waals surface area contributed by atoms with Crippen LogP contribution in [-0.2, 0) is 10.2 Å². The fourth-order valence-electron chi connectivity index (χ4n) is 2.29. The number of carbonyl (C=O) groups is 1. The summed E-state index contributed by atoms with van der Waals surface area (Å²) >= 11 is 0. The highest BCUT2D eigenvalue weighted by Gasteiger charge is 2.18. The van der Waals surface area contributed by atoms with Gasteiger partial charge in [0.2, 0.25) is 5.91 Å². The topological polar surface area (TPSA) is 55.1 Å². The molecule has 1 rings (SSSR count). The number of rotatable bonds is 5. The Morgan fingerprint density at radius 1 is 1.14 bits per heavy atom. The van der Waals surface area contributed by atoms with Crippen LogP contribution in [0.2, 0.25) is 0 Å². The SMILES string of the molecule is CC(C)CC(N)C(=O)NC(C)c1ccc(C(C)(C)C)cc1. The van der Waals surface area contributed by atoms with Crippen molar-refractivity contribution < 1.29 is 4.79 Å². The van der Waals surface area contributed by atoms with Crippen molar-refractivity contribution in [2.45, 2.75) is 65.5 Å². The maximum absolute atomic E-state index is 12.1. The Kier molecular flexibility index (Phi) is 5.97. The summed E-state index contributed by atoms with van der Waals surface area (Å²) in [6.45, 7) is 12.7. The molecule has 0 radical (unpaired) electrons. The van der Waals surface area contributed by atoms with E-state index in [0.717, 1.165) is 5.56 Å². The van der Waals surface area contributed by atoms with Gasteiger partial charge in [0.15, 0.2) is 0 Å². The van der Waals surface area contributed by atoms with Gasteiger partial charge in [-0.15, -0.1) is 0 Å². The zero-order chi connectivity index (χ0) is 16.2. The average Bonchev–Trinajstić information content (AvgIpc) is 2.36. The molecule has 0 aliphatic heterocycles. The van der Waals surface area contributed by atoms with Crippen LogP contribution < -0.4 is 11.1 Å². The summed E-state index contributed by atoms with van der Waals surface area (Å²) in [5, 5.41) is 3.00. The van der Waals surface area contributed by atoms with Gasteiger partial charge in [-0.3, -0.25) is 4.79 Å². The summed E-state index contributed by atoms with van der Waals surface area (Å²) in [7, 11) is 0. The van der Waals surface area contributed by atoms with E-state index < -0.39 is 6.04 Å². The van der Waals surface area contributed by atoms with E-state index in [2.05, 4.69) is 64.2 Å². The first-order valence-corrected chi connectivity index (χ1v) is 7.77. The zero-order valence-corrected chi connectivity index (χ0v) is 14.2. The van der Waals surface area contributed by atoms with Crippen molar-refractivity contribution in [3.8, 4) is 0 Å². The highest BCUT2D eigenvalue weighted by Crippen LogP contribution is 2.23. The zero-order valence-electron chi connectivity index (χ0n) is 14.2. The van der Waals surface area contributed by atoms with E-state index in [-0.39, 0.29) is 17.4 Å². The molecule has 0 spiro atoms. The maximum atomic E-state index is 12.1. The lowest BCUT2D eigenvalue weighted by Gasteiger charge is -2.22.